The molecule has 0 bridgehead atoms. The Labute approximate surface area is 162 Å². The third-order valence-electron chi connectivity index (χ3n) is 7.61. The van der Waals surface area contributed by atoms with Crippen molar-refractivity contribution in [3.05, 3.63) is 0 Å². The molecule has 152 valence electrons. The fourth-order valence-electron chi connectivity index (χ4n) is 5.86. The SMILES string of the molecule is CCCCCC1CCC(C2CCC(CCCC3OCCCO3)CC2)CC1. The van der Waals surface area contributed by atoms with Crippen LogP contribution >= 0.6 is 0 Å². The summed E-state index contributed by atoms with van der Waals surface area (Å²) in [6, 6.07) is 0. The predicted molar refractivity (Wildman–Crippen MR) is 109 cm³/mol. The van der Waals surface area contributed by atoms with Crippen molar-refractivity contribution < 1.29 is 9.47 Å². The first kappa shape index (κ1) is 20.6. The zero-order valence-corrected chi connectivity index (χ0v) is 17.4. The monoisotopic (exact) mass is 364 g/mol. The minimum Gasteiger partial charge on any atom is -0.353 e. The topological polar surface area (TPSA) is 18.5 Å². The van der Waals surface area contributed by atoms with Crippen LogP contribution in [0.1, 0.15) is 110 Å². The number of hydrogen-bond donors (Lipinski definition) is 0. The summed E-state index contributed by atoms with van der Waals surface area (Å²) in [5.41, 5.74) is 0. The fraction of sp³-hybridized carbons (Fsp3) is 1.00. The lowest BCUT2D eigenvalue weighted by Gasteiger charge is -2.38. The highest BCUT2D eigenvalue weighted by molar-refractivity contribution is 4.82. The van der Waals surface area contributed by atoms with E-state index in [2.05, 4.69) is 6.92 Å². The molecule has 0 aromatic heterocycles. The molecule has 0 amide bonds. The highest BCUT2D eigenvalue weighted by Gasteiger charge is 2.30. The summed E-state index contributed by atoms with van der Waals surface area (Å²) in [7, 11) is 0. The minimum atomic E-state index is 0.104. The molecule has 0 spiro atoms. The van der Waals surface area contributed by atoms with Gasteiger partial charge in [0.2, 0.25) is 0 Å². The van der Waals surface area contributed by atoms with E-state index < -0.39 is 0 Å². The van der Waals surface area contributed by atoms with E-state index in [9.17, 15) is 0 Å². The normalized spacial score (nSPS) is 34.0. The summed E-state index contributed by atoms with van der Waals surface area (Å²) in [6.07, 6.45) is 23.0. The van der Waals surface area contributed by atoms with Gasteiger partial charge in [0.1, 0.15) is 0 Å². The van der Waals surface area contributed by atoms with E-state index >= 15 is 0 Å². The molecule has 26 heavy (non-hydrogen) atoms. The smallest absolute Gasteiger partial charge is 0.157 e. The van der Waals surface area contributed by atoms with Crippen LogP contribution in [0.5, 0.6) is 0 Å². The average Bonchev–Trinajstić information content (AvgIpc) is 2.70. The van der Waals surface area contributed by atoms with E-state index in [0.717, 1.165) is 49.7 Å². The van der Waals surface area contributed by atoms with E-state index in [1.807, 2.05) is 0 Å². The molecule has 3 rings (SSSR count). The number of ether oxygens (including phenoxy) is 2. The van der Waals surface area contributed by atoms with Crippen LogP contribution in [-0.4, -0.2) is 19.5 Å². The maximum Gasteiger partial charge on any atom is 0.157 e. The molecule has 0 aromatic carbocycles. The standard InChI is InChI=1S/C24H44O2/c1-2-3-4-7-20-10-14-22(15-11-20)23-16-12-21(13-17-23)8-5-9-24-25-18-6-19-26-24/h20-24H,2-19H2,1H3. The number of rotatable bonds is 9. The van der Waals surface area contributed by atoms with Gasteiger partial charge >= 0.3 is 0 Å². The Kier molecular flexibility index (Phi) is 9.29. The van der Waals surface area contributed by atoms with E-state index in [1.54, 1.807) is 12.8 Å². The molecule has 3 fully saturated rings. The van der Waals surface area contributed by atoms with Gasteiger partial charge in [-0.15, -0.1) is 0 Å². The largest absolute Gasteiger partial charge is 0.353 e. The van der Waals surface area contributed by atoms with Crippen LogP contribution in [0.25, 0.3) is 0 Å². The summed E-state index contributed by atoms with van der Waals surface area (Å²) in [6.45, 7) is 4.12. The Balaban J connectivity index is 1.24. The second-order valence-electron chi connectivity index (χ2n) is 9.51. The lowest BCUT2D eigenvalue weighted by Crippen LogP contribution is -2.26. The molecule has 0 unspecified atom stereocenters. The van der Waals surface area contributed by atoms with Crippen molar-refractivity contribution in [1.29, 1.82) is 0 Å². The van der Waals surface area contributed by atoms with Crippen molar-refractivity contribution in [2.45, 2.75) is 116 Å². The van der Waals surface area contributed by atoms with Gasteiger partial charge < -0.3 is 9.47 Å². The van der Waals surface area contributed by atoms with Gasteiger partial charge in [-0.05, 0) is 68.6 Å². The number of unbranched alkanes of at least 4 members (excludes halogenated alkanes) is 2. The lowest BCUT2D eigenvalue weighted by atomic mass is 9.68. The van der Waals surface area contributed by atoms with Gasteiger partial charge in [-0.25, -0.2) is 0 Å². The highest BCUT2D eigenvalue weighted by atomic mass is 16.7. The summed E-state index contributed by atoms with van der Waals surface area (Å²) in [4.78, 5) is 0. The predicted octanol–water partition coefficient (Wildman–Crippen LogP) is 7.11. The summed E-state index contributed by atoms with van der Waals surface area (Å²) < 4.78 is 11.4. The van der Waals surface area contributed by atoms with Gasteiger partial charge in [-0.2, -0.15) is 0 Å². The van der Waals surface area contributed by atoms with Crippen LogP contribution < -0.4 is 0 Å². The molecular formula is C24H44O2. The van der Waals surface area contributed by atoms with E-state index in [4.69, 9.17) is 9.47 Å². The molecule has 1 aliphatic heterocycles. The molecule has 1 saturated heterocycles. The van der Waals surface area contributed by atoms with Crippen molar-refractivity contribution in [2.75, 3.05) is 13.2 Å². The van der Waals surface area contributed by atoms with Gasteiger partial charge in [0, 0.05) is 0 Å². The van der Waals surface area contributed by atoms with Gasteiger partial charge in [0.25, 0.3) is 0 Å². The Morgan fingerprint density at radius 3 is 1.69 bits per heavy atom. The molecule has 2 aliphatic carbocycles. The molecule has 2 heteroatoms. The Morgan fingerprint density at radius 2 is 1.15 bits per heavy atom. The van der Waals surface area contributed by atoms with Gasteiger partial charge in [-0.1, -0.05) is 64.7 Å². The molecule has 3 aliphatic rings. The molecule has 0 aromatic rings. The molecule has 0 radical (unpaired) electrons. The van der Waals surface area contributed by atoms with E-state index in [-0.39, 0.29) is 6.29 Å². The maximum atomic E-state index is 5.68. The first-order chi connectivity index (χ1) is 12.8. The van der Waals surface area contributed by atoms with E-state index in [0.29, 0.717) is 0 Å². The molecule has 0 atom stereocenters. The summed E-state index contributed by atoms with van der Waals surface area (Å²) in [5, 5.41) is 0. The van der Waals surface area contributed by atoms with Crippen molar-refractivity contribution in [3.63, 3.8) is 0 Å². The lowest BCUT2D eigenvalue weighted by molar-refractivity contribution is -0.181. The van der Waals surface area contributed by atoms with Crippen molar-refractivity contribution in [2.24, 2.45) is 23.7 Å². The second-order valence-corrected chi connectivity index (χ2v) is 9.51. The van der Waals surface area contributed by atoms with Crippen LogP contribution in [0, 0.1) is 23.7 Å². The minimum absolute atomic E-state index is 0.104. The van der Waals surface area contributed by atoms with Gasteiger partial charge in [0.05, 0.1) is 13.2 Å². The van der Waals surface area contributed by atoms with Gasteiger partial charge in [0.15, 0.2) is 6.29 Å². The molecular weight excluding hydrogens is 320 g/mol. The maximum absolute atomic E-state index is 5.68. The zero-order valence-electron chi connectivity index (χ0n) is 17.4. The van der Waals surface area contributed by atoms with Crippen LogP contribution in [0.4, 0.5) is 0 Å². The third kappa shape index (κ3) is 6.82. The first-order valence-corrected chi connectivity index (χ1v) is 12.1. The Morgan fingerprint density at radius 1 is 0.615 bits per heavy atom. The summed E-state index contributed by atoms with van der Waals surface area (Å²) in [5.74, 6) is 4.19. The van der Waals surface area contributed by atoms with Gasteiger partial charge in [-0.3, -0.25) is 0 Å². The van der Waals surface area contributed by atoms with Crippen molar-refractivity contribution in [3.8, 4) is 0 Å². The second kappa shape index (κ2) is 11.7. The quantitative estimate of drug-likeness (QED) is 0.406. The Hall–Kier alpha value is -0.0800. The van der Waals surface area contributed by atoms with Crippen LogP contribution in [0.15, 0.2) is 0 Å². The molecule has 2 saturated carbocycles. The first-order valence-electron chi connectivity index (χ1n) is 12.1. The van der Waals surface area contributed by atoms with E-state index in [1.165, 1.54) is 77.0 Å². The Bertz CT molecular complexity index is 347. The highest BCUT2D eigenvalue weighted by Crippen LogP contribution is 2.43. The zero-order chi connectivity index (χ0) is 18.0. The van der Waals surface area contributed by atoms with Crippen molar-refractivity contribution in [1.82, 2.24) is 0 Å². The molecule has 2 nitrogen and oxygen atoms in total. The third-order valence-corrected chi connectivity index (χ3v) is 7.61. The van der Waals surface area contributed by atoms with Crippen molar-refractivity contribution >= 4 is 0 Å². The molecule has 0 N–H and O–H groups in total. The average molecular weight is 365 g/mol. The molecule has 1 heterocycles. The van der Waals surface area contributed by atoms with Crippen LogP contribution in [0.3, 0.4) is 0 Å². The van der Waals surface area contributed by atoms with Crippen LogP contribution in [0.2, 0.25) is 0 Å². The number of hydrogen-bond acceptors (Lipinski definition) is 2. The summed E-state index contributed by atoms with van der Waals surface area (Å²) >= 11 is 0. The van der Waals surface area contributed by atoms with Crippen LogP contribution in [-0.2, 0) is 9.47 Å². The fourth-order valence-corrected chi connectivity index (χ4v) is 5.86.